The van der Waals surface area contributed by atoms with Crippen LogP contribution in [0.1, 0.15) is 59.4 Å². The highest BCUT2D eigenvalue weighted by Crippen LogP contribution is 2.41. The van der Waals surface area contributed by atoms with Crippen LogP contribution in [0.15, 0.2) is 83.5 Å². The minimum absolute atomic E-state index is 0.218. The van der Waals surface area contributed by atoms with Crippen LogP contribution < -0.4 is 0 Å². The van der Waals surface area contributed by atoms with E-state index in [0.717, 1.165) is 11.1 Å². The van der Waals surface area contributed by atoms with E-state index in [2.05, 4.69) is 63.3 Å². The molecule has 0 bridgehead atoms. The highest BCUT2D eigenvalue weighted by molar-refractivity contribution is 5.83. The quantitative estimate of drug-likeness (QED) is 0.279. The molecule has 0 amide bonds. The van der Waals surface area contributed by atoms with Crippen molar-refractivity contribution in [3.63, 3.8) is 0 Å². The predicted molar refractivity (Wildman–Crippen MR) is 123 cm³/mol. The molecule has 0 radical (unpaired) electrons. The maximum atomic E-state index is 11.6. The fourth-order valence-electron chi connectivity index (χ4n) is 3.78. The number of allylic oxidation sites excluding steroid dienone is 9. The van der Waals surface area contributed by atoms with E-state index in [0.29, 0.717) is 6.61 Å². The average Bonchev–Trinajstić information content (AvgIpc) is 2.66. The van der Waals surface area contributed by atoms with Gasteiger partial charge in [0.2, 0.25) is 0 Å². The molecule has 0 fully saturated rings. The molecule has 0 spiro atoms. The maximum Gasteiger partial charge on any atom is 0.330 e. The lowest BCUT2D eigenvalue weighted by Crippen LogP contribution is -2.19. The third-order valence-electron chi connectivity index (χ3n) is 5.35. The van der Waals surface area contributed by atoms with Crippen LogP contribution in [0.2, 0.25) is 0 Å². The third-order valence-corrected chi connectivity index (χ3v) is 5.35. The second-order valence-electron chi connectivity index (χ2n) is 8.25. The van der Waals surface area contributed by atoms with Crippen molar-refractivity contribution in [1.82, 2.24) is 0 Å². The first-order valence-electron chi connectivity index (χ1n) is 10.5. The summed E-state index contributed by atoms with van der Waals surface area (Å²) < 4.78 is 4.96. The second kappa shape index (κ2) is 10.8. The lowest BCUT2D eigenvalue weighted by Gasteiger charge is -2.33. The van der Waals surface area contributed by atoms with Crippen LogP contribution in [0.3, 0.4) is 0 Å². The van der Waals surface area contributed by atoms with Gasteiger partial charge in [0.05, 0.1) is 6.61 Å². The molecule has 1 aromatic carbocycles. The first-order valence-corrected chi connectivity index (χ1v) is 10.5. The Kier molecular flexibility index (Phi) is 8.45. The smallest absolute Gasteiger partial charge is 0.330 e. The van der Waals surface area contributed by atoms with Crippen molar-refractivity contribution in [2.45, 2.75) is 53.9 Å². The number of hydrogen-bond acceptors (Lipinski definition) is 2. The van der Waals surface area contributed by atoms with Gasteiger partial charge in [-0.15, -0.1) is 0 Å². The van der Waals surface area contributed by atoms with E-state index in [9.17, 15) is 4.79 Å². The fourth-order valence-corrected chi connectivity index (χ4v) is 3.78. The van der Waals surface area contributed by atoms with Crippen LogP contribution in [0.4, 0.5) is 0 Å². The summed E-state index contributed by atoms with van der Waals surface area (Å²) in [5.41, 5.74) is 6.35. The molecule has 0 aromatic heterocycles. The van der Waals surface area contributed by atoms with Crippen molar-refractivity contribution in [3.8, 4) is 0 Å². The summed E-state index contributed by atoms with van der Waals surface area (Å²) in [4.78, 5) is 11.6. The van der Waals surface area contributed by atoms with Crippen LogP contribution in [0, 0.1) is 5.41 Å². The Bertz CT molecular complexity index is 846. The number of carbonyl (C=O) groups excluding carboxylic acids is 1. The topological polar surface area (TPSA) is 26.3 Å². The summed E-state index contributed by atoms with van der Waals surface area (Å²) in [6.45, 7) is 11.0. The molecule has 2 nitrogen and oxygen atoms in total. The van der Waals surface area contributed by atoms with Crippen molar-refractivity contribution in [2.24, 2.45) is 5.41 Å². The summed E-state index contributed by atoms with van der Waals surface area (Å²) in [5, 5.41) is 0. The number of rotatable bonds is 7. The van der Waals surface area contributed by atoms with Gasteiger partial charge in [0.25, 0.3) is 0 Å². The number of carbonyl (C=O) groups is 1. The van der Waals surface area contributed by atoms with Gasteiger partial charge in [-0.3, -0.25) is 0 Å². The van der Waals surface area contributed by atoms with E-state index in [4.69, 9.17) is 4.74 Å². The van der Waals surface area contributed by atoms with Gasteiger partial charge in [0, 0.05) is 6.08 Å². The Morgan fingerprint density at radius 1 is 1.17 bits per heavy atom. The molecule has 0 heterocycles. The SMILES string of the molecule is CCOC(=O)\C=C(C)/C=C/C=C(\C=C\C1=C(C)CCCC1(C)C)c1ccccc1. The lowest BCUT2D eigenvalue weighted by molar-refractivity contribution is -0.137. The molecule has 2 rings (SSSR count). The summed E-state index contributed by atoms with van der Waals surface area (Å²) in [7, 11) is 0. The zero-order valence-electron chi connectivity index (χ0n) is 18.5. The highest BCUT2D eigenvalue weighted by atomic mass is 16.5. The molecule has 29 heavy (non-hydrogen) atoms. The molecule has 1 aliphatic carbocycles. The number of hydrogen-bond donors (Lipinski definition) is 0. The molecule has 0 unspecified atom stereocenters. The van der Waals surface area contributed by atoms with E-state index in [1.165, 1.54) is 42.0 Å². The zero-order valence-corrected chi connectivity index (χ0v) is 18.5. The second-order valence-corrected chi connectivity index (χ2v) is 8.25. The van der Waals surface area contributed by atoms with E-state index in [1.807, 2.05) is 32.1 Å². The van der Waals surface area contributed by atoms with Crippen LogP contribution in [0.25, 0.3) is 5.57 Å². The number of ether oxygens (including phenoxy) is 1. The first kappa shape index (κ1) is 22.7. The molecule has 0 saturated heterocycles. The summed E-state index contributed by atoms with van der Waals surface area (Å²) in [6.07, 6.45) is 15.7. The Labute approximate surface area is 176 Å². The molecule has 1 aromatic rings. The van der Waals surface area contributed by atoms with Gasteiger partial charge < -0.3 is 4.74 Å². The molecular weight excluding hydrogens is 356 g/mol. The molecular formula is C27H34O2. The predicted octanol–water partition coefficient (Wildman–Crippen LogP) is 7.22. The molecule has 2 heteroatoms. The molecule has 0 saturated carbocycles. The number of esters is 1. The summed E-state index contributed by atoms with van der Waals surface area (Å²) >= 11 is 0. The van der Waals surface area contributed by atoms with Gasteiger partial charge in [-0.25, -0.2) is 4.79 Å². The Morgan fingerprint density at radius 2 is 1.90 bits per heavy atom. The van der Waals surface area contributed by atoms with Crippen molar-refractivity contribution in [3.05, 3.63) is 89.1 Å². The van der Waals surface area contributed by atoms with Gasteiger partial charge >= 0.3 is 5.97 Å². The first-order chi connectivity index (χ1) is 13.8. The van der Waals surface area contributed by atoms with Gasteiger partial charge in [-0.1, -0.05) is 80.1 Å². The summed E-state index contributed by atoms with van der Waals surface area (Å²) in [5.74, 6) is -0.302. The van der Waals surface area contributed by atoms with Crippen LogP contribution in [0.5, 0.6) is 0 Å². The maximum absolute atomic E-state index is 11.6. The van der Waals surface area contributed by atoms with Crippen LogP contribution in [-0.2, 0) is 9.53 Å². The monoisotopic (exact) mass is 390 g/mol. The van der Waals surface area contributed by atoms with E-state index in [1.54, 1.807) is 0 Å². The molecule has 154 valence electrons. The van der Waals surface area contributed by atoms with E-state index < -0.39 is 0 Å². The molecule has 0 N–H and O–H groups in total. The minimum Gasteiger partial charge on any atom is -0.463 e. The number of benzene rings is 1. The normalized spacial score (nSPS) is 18.0. The molecule has 0 atom stereocenters. The van der Waals surface area contributed by atoms with E-state index >= 15 is 0 Å². The summed E-state index contributed by atoms with van der Waals surface area (Å²) in [6, 6.07) is 10.4. The van der Waals surface area contributed by atoms with Crippen molar-refractivity contribution < 1.29 is 9.53 Å². The highest BCUT2D eigenvalue weighted by Gasteiger charge is 2.26. The van der Waals surface area contributed by atoms with Gasteiger partial charge in [-0.05, 0) is 67.7 Å². The molecule has 1 aliphatic rings. The fraction of sp³-hybridized carbons (Fsp3) is 0.370. The van der Waals surface area contributed by atoms with E-state index in [-0.39, 0.29) is 11.4 Å². The largest absolute Gasteiger partial charge is 0.463 e. The lowest BCUT2D eigenvalue weighted by atomic mass is 9.72. The van der Waals surface area contributed by atoms with Crippen LogP contribution >= 0.6 is 0 Å². The van der Waals surface area contributed by atoms with Crippen LogP contribution in [-0.4, -0.2) is 12.6 Å². The minimum atomic E-state index is -0.302. The zero-order chi connectivity index (χ0) is 21.3. The molecule has 0 aliphatic heterocycles. The average molecular weight is 391 g/mol. The van der Waals surface area contributed by atoms with Crippen molar-refractivity contribution in [1.29, 1.82) is 0 Å². The standard InChI is InChI=1S/C27H34O2/c1-6-29-26(28)20-21(2)12-10-16-24(23-14-8-7-9-15-23)17-18-25-22(3)13-11-19-27(25,4)5/h7-10,12,14-18,20H,6,11,13,19H2,1-5H3/b12-10+,18-17+,21-20-,24-16+. The Balaban J connectivity index is 2.30. The van der Waals surface area contributed by atoms with Crippen molar-refractivity contribution >= 4 is 11.5 Å². The van der Waals surface area contributed by atoms with Crippen molar-refractivity contribution in [2.75, 3.05) is 6.61 Å². The Hall–Kier alpha value is -2.61. The van der Waals surface area contributed by atoms with Gasteiger partial charge in [0.15, 0.2) is 0 Å². The third kappa shape index (κ3) is 7.05. The Morgan fingerprint density at radius 3 is 2.55 bits per heavy atom. The van der Waals surface area contributed by atoms with Gasteiger partial charge in [0.1, 0.15) is 0 Å². The van der Waals surface area contributed by atoms with Gasteiger partial charge in [-0.2, -0.15) is 0 Å².